The van der Waals surface area contributed by atoms with Gasteiger partial charge in [-0.25, -0.2) is 0 Å². The van der Waals surface area contributed by atoms with E-state index < -0.39 is 17.8 Å². The molecule has 0 radical (unpaired) electrons. The van der Waals surface area contributed by atoms with Gasteiger partial charge in [0.15, 0.2) is 5.78 Å². The Labute approximate surface area is 192 Å². The van der Waals surface area contributed by atoms with Crippen LogP contribution in [0.15, 0.2) is 72.8 Å². The van der Waals surface area contributed by atoms with E-state index in [1.807, 2.05) is 43.3 Å². The van der Waals surface area contributed by atoms with Crippen LogP contribution in [0, 0.1) is 11.8 Å². The van der Waals surface area contributed by atoms with Crippen molar-refractivity contribution in [1.82, 2.24) is 0 Å². The van der Waals surface area contributed by atoms with Gasteiger partial charge in [-0.15, -0.1) is 0 Å². The number of carboxylic acids is 1. The number of ketones is 1. The standard InChI is InChI=1S/C27H25NO5/c1-2-33-22-13-9-20(10-14-22)26(30)28-21-11-7-18(8-12-21)17-3-5-19(6-4-17)25(29)23-15-16-24(23)27(31)32/h3-14,23-24H,2,15-16H2,1H3,(H,28,30)(H,31,32)/t23-,24-/m1/s1. The van der Waals surface area contributed by atoms with Crippen molar-refractivity contribution < 1.29 is 24.2 Å². The van der Waals surface area contributed by atoms with Crippen LogP contribution in [0.5, 0.6) is 5.75 Å². The summed E-state index contributed by atoms with van der Waals surface area (Å²) in [7, 11) is 0. The second kappa shape index (κ2) is 9.69. The lowest BCUT2D eigenvalue weighted by Gasteiger charge is -2.31. The van der Waals surface area contributed by atoms with Crippen molar-refractivity contribution >= 4 is 23.3 Å². The number of carbonyl (C=O) groups is 3. The zero-order valence-electron chi connectivity index (χ0n) is 18.3. The summed E-state index contributed by atoms with van der Waals surface area (Å²) >= 11 is 0. The normalized spacial score (nSPS) is 17.0. The van der Waals surface area contributed by atoms with E-state index in [1.54, 1.807) is 36.4 Å². The van der Waals surface area contributed by atoms with Gasteiger partial charge in [0.25, 0.3) is 5.91 Å². The second-order valence-corrected chi connectivity index (χ2v) is 8.06. The molecule has 2 N–H and O–H groups in total. The summed E-state index contributed by atoms with van der Waals surface area (Å²) in [5.41, 5.74) is 3.63. The number of benzene rings is 3. The summed E-state index contributed by atoms with van der Waals surface area (Å²) in [4.78, 5) is 36.3. The average Bonchev–Trinajstić information content (AvgIpc) is 2.79. The molecule has 1 amide bonds. The van der Waals surface area contributed by atoms with Crippen LogP contribution in [0.4, 0.5) is 5.69 Å². The van der Waals surface area contributed by atoms with Gasteiger partial charge in [0, 0.05) is 22.7 Å². The first kappa shape index (κ1) is 22.3. The zero-order valence-corrected chi connectivity index (χ0v) is 18.3. The van der Waals surface area contributed by atoms with Gasteiger partial charge in [-0.05, 0) is 67.3 Å². The molecule has 0 unspecified atom stereocenters. The molecule has 33 heavy (non-hydrogen) atoms. The molecular weight excluding hydrogens is 418 g/mol. The molecule has 3 aromatic rings. The van der Waals surface area contributed by atoms with E-state index in [1.165, 1.54) is 0 Å². The van der Waals surface area contributed by atoms with Crippen molar-refractivity contribution in [3.63, 3.8) is 0 Å². The monoisotopic (exact) mass is 443 g/mol. The quantitative estimate of drug-likeness (QED) is 0.461. The molecule has 2 atom stereocenters. The first-order valence-corrected chi connectivity index (χ1v) is 11.0. The Morgan fingerprint density at radius 3 is 1.88 bits per heavy atom. The van der Waals surface area contributed by atoms with E-state index in [0.29, 0.717) is 36.3 Å². The fourth-order valence-electron chi connectivity index (χ4n) is 3.97. The molecule has 1 saturated carbocycles. The van der Waals surface area contributed by atoms with Gasteiger partial charge < -0.3 is 15.2 Å². The van der Waals surface area contributed by atoms with Gasteiger partial charge in [-0.2, -0.15) is 0 Å². The van der Waals surface area contributed by atoms with Crippen molar-refractivity contribution in [1.29, 1.82) is 0 Å². The molecule has 0 spiro atoms. The predicted octanol–water partition coefficient (Wildman–Crippen LogP) is 5.30. The highest BCUT2D eigenvalue weighted by Gasteiger charge is 2.41. The fourth-order valence-corrected chi connectivity index (χ4v) is 3.97. The number of amides is 1. The maximum Gasteiger partial charge on any atom is 0.307 e. The number of Topliss-reactive ketones (excluding diaryl/α,β-unsaturated/α-hetero) is 1. The second-order valence-electron chi connectivity index (χ2n) is 8.06. The van der Waals surface area contributed by atoms with Crippen LogP contribution < -0.4 is 10.1 Å². The Morgan fingerprint density at radius 2 is 1.36 bits per heavy atom. The molecule has 1 fully saturated rings. The van der Waals surface area contributed by atoms with Crippen LogP contribution in [0.1, 0.15) is 40.5 Å². The van der Waals surface area contributed by atoms with Crippen molar-refractivity contribution in [2.24, 2.45) is 11.8 Å². The summed E-state index contributed by atoms with van der Waals surface area (Å²) in [5, 5.41) is 12.1. The molecule has 0 bridgehead atoms. The number of carboxylic acid groups (broad SMARTS) is 1. The van der Waals surface area contributed by atoms with E-state index in [-0.39, 0.29) is 11.7 Å². The molecule has 3 aromatic carbocycles. The molecule has 0 saturated heterocycles. The number of aliphatic carboxylic acids is 1. The molecule has 6 heteroatoms. The predicted molar refractivity (Wildman–Crippen MR) is 126 cm³/mol. The SMILES string of the molecule is CCOc1ccc(C(=O)Nc2ccc(-c3ccc(C(=O)[C@@H]4CC[C@H]4C(=O)O)cc3)cc2)cc1. The van der Waals surface area contributed by atoms with Crippen molar-refractivity contribution in [2.45, 2.75) is 19.8 Å². The largest absolute Gasteiger partial charge is 0.494 e. The van der Waals surface area contributed by atoms with Crippen LogP contribution in [-0.4, -0.2) is 29.4 Å². The summed E-state index contributed by atoms with van der Waals surface area (Å²) < 4.78 is 5.39. The molecule has 0 aliphatic heterocycles. The molecule has 0 heterocycles. The van der Waals surface area contributed by atoms with E-state index in [2.05, 4.69) is 5.32 Å². The minimum absolute atomic E-state index is 0.104. The third-order valence-electron chi connectivity index (χ3n) is 6.00. The molecule has 1 aliphatic rings. The number of hydrogen-bond acceptors (Lipinski definition) is 4. The third-order valence-corrected chi connectivity index (χ3v) is 6.00. The van der Waals surface area contributed by atoms with Crippen LogP contribution in [0.2, 0.25) is 0 Å². The molecule has 0 aromatic heterocycles. The van der Waals surface area contributed by atoms with Crippen molar-refractivity contribution in [3.8, 4) is 16.9 Å². The maximum absolute atomic E-state index is 12.6. The molecule has 1 aliphatic carbocycles. The smallest absolute Gasteiger partial charge is 0.307 e. The number of ether oxygens (including phenoxy) is 1. The van der Waals surface area contributed by atoms with Crippen molar-refractivity contribution in [2.75, 3.05) is 11.9 Å². The van der Waals surface area contributed by atoms with Crippen LogP contribution in [0.3, 0.4) is 0 Å². The Hall–Kier alpha value is -3.93. The minimum atomic E-state index is -0.897. The van der Waals surface area contributed by atoms with Gasteiger partial charge >= 0.3 is 5.97 Å². The van der Waals surface area contributed by atoms with Crippen molar-refractivity contribution in [3.05, 3.63) is 83.9 Å². The van der Waals surface area contributed by atoms with Crippen LogP contribution in [0.25, 0.3) is 11.1 Å². The molecule has 168 valence electrons. The van der Waals surface area contributed by atoms with Gasteiger partial charge in [0.05, 0.1) is 12.5 Å². The fraction of sp³-hybridized carbons (Fsp3) is 0.222. The highest BCUT2D eigenvalue weighted by atomic mass is 16.5. The van der Waals surface area contributed by atoms with Gasteiger partial charge in [0.1, 0.15) is 5.75 Å². The third kappa shape index (κ3) is 4.95. The summed E-state index contributed by atoms with van der Waals surface area (Å²) in [6.07, 6.45) is 1.19. The van der Waals surface area contributed by atoms with Gasteiger partial charge in [0.2, 0.25) is 0 Å². The van der Waals surface area contributed by atoms with Crippen LogP contribution in [-0.2, 0) is 4.79 Å². The minimum Gasteiger partial charge on any atom is -0.494 e. The number of carbonyl (C=O) groups excluding carboxylic acids is 2. The van der Waals surface area contributed by atoms with Gasteiger partial charge in [-0.1, -0.05) is 36.4 Å². The molecule has 4 rings (SSSR count). The number of hydrogen-bond donors (Lipinski definition) is 2. The lowest BCUT2D eigenvalue weighted by Crippen LogP contribution is -2.38. The maximum atomic E-state index is 12.6. The number of anilines is 1. The Bertz CT molecular complexity index is 1150. The first-order chi connectivity index (χ1) is 16.0. The number of rotatable bonds is 8. The highest BCUT2D eigenvalue weighted by Crippen LogP contribution is 2.37. The average molecular weight is 443 g/mol. The van der Waals surface area contributed by atoms with E-state index in [4.69, 9.17) is 4.74 Å². The Morgan fingerprint density at radius 1 is 0.818 bits per heavy atom. The van der Waals surface area contributed by atoms with E-state index in [9.17, 15) is 19.5 Å². The lowest BCUT2D eigenvalue weighted by molar-refractivity contribution is -0.146. The highest BCUT2D eigenvalue weighted by molar-refractivity contribution is 6.04. The van der Waals surface area contributed by atoms with E-state index in [0.717, 1.165) is 16.9 Å². The zero-order chi connectivity index (χ0) is 23.4. The summed E-state index contributed by atoms with van der Waals surface area (Å²) in [6, 6.07) is 21.6. The Balaban J connectivity index is 1.39. The van der Waals surface area contributed by atoms with Crippen LogP contribution >= 0.6 is 0 Å². The Kier molecular flexibility index (Phi) is 6.54. The first-order valence-electron chi connectivity index (χ1n) is 11.0. The number of nitrogens with one attached hydrogen (secondary N) is 1. The lowest BCUT2D eigenvalue weighted by atomic mass is 9.70. The summed E-state index contributed by atoms with van der Waals surface area (Å²) in [6.45, 7) is 2.48. The topological polar surface area (TPSA) is 92.7 Å². The summed E-state index contributed by atoms with van der Waals surface area (Å²) in [5.74, 6) is -1.47. The van der Waals surface area contributed by atoms with Gasteiger partial charge in [-0.3, -0.25) is 14.4 Å². The molecular formula is C27H25NO5. The van der Waals surface area contributed by atoms with E-state index >= 15 is 0 Å². The molecule has 6 nitrogen and oxygen atoms in total.